The van der Waals surface area contributed by atoms with Gasteiger partial charge in [-0.1, -0.05) is 38.1 Å². The Morgan fingerprint density at radius 2 is 2.06 bits per heavy atom. The molecule has 1 aliphatic rings. The molecular formula is C15H22ClNO. The molecule has 0 spiro atoms. The quantitative estimate of drug-likeness (QED) is 0.777. The fourth-order valence-corrected chi connectivity index (χ4v) is 2.47. The van der Waals surface area contributed by atoms with E-state index in [-0.39, 0.29) is 6.10 Å². The number of rotatable bonds is 4. The van der Waals surface area contributed by atoms with Crippen LogP contribution in [0.15, 0.2) is 24.3 Å². The molecule has 3 heteroatoms. The van der Waals surface area contributed by atoms with Crippen LogP contribution >= 0.6 is 11.6 Å². The molecule has 1 unspecified atom stereocenters. The number of hydrogen-bond donors (Lipinski definition) is 0. The molecule has 1 atom stereocenters. The van der Waals surface area contributed by atoms with Crippen LogP contribution in [0.25, 0.3) is 0 Å². The van der Waals surface area contributed by atoms with Gasteiger partial charge in [-0.25, -0.2) is 0 Å². The highest BCUT2D eigenvalue weighted by molar-refractivity contribution is 6.18. The third-order valence-electron chi connectivity index (χ3n) is 3.45. The van der Waals surface area contributed by atoms with Gasteiger partial charge in [0.05, 0.1) is 12.7 Å². The lowest BCUT2D eigenvalue weighted by molar-refractivity contribution is -0.0194. The molecule has 100 valence electrons. The SMILES string of the molecule is CC(C)c1ccc(CN2CCOC(CCl)C2)cc1. The topological polar surface area (TPSA) is 12.5 Å². The van der Waals surface area contributed by atoms with Crippen molar-refractivity contribution in [3.63, 3.8) is 0 Å². The molecule has 1 aromatic carbocycles. The van der Waals surface area contributed by atoms with E-state index < -0.39 is 0 Å². The van der Waals surface area contributed by atoms with E-state index in [1.54, 1.807) is 0 Å². The molecule has 0 saturated carbocycles. The van der Waals surface area contributed by atoms with E-state index in [2.05, 4.69) is 43.0 Å². The van der Waals surface area contributed by atoms with E-state index in [0.29, 0.717) is 11.8 Å². The van der Waals surface area contributed by atoms with Gasteiger partial charge in [0.2, 0.25) is 0 Å². The maximum absolute atomic E-state index is 5.85. The summed E-state index contributed by atoms with van der Waals surface area (Å²) in [6.45, 7) is 8.18. The summed E-state index contributed by atoms with van der Waals surface area (Å²) in [7, 11) is 0. The summed E-state index contributed by atoms with van der Waals surface area (Å²) in [5, 5.41) is 0. The van der Waals surface area contributed by atoms with Crippen LogP contribution in [0, 0.1) is 0 Å². The highest BCUT2D eigenvalue weighted by Gasteiger charge is 2.19. The van der Waals surface area contributed by atoms with E-state index in [9.17, 15) is 0 Å². The van der Waals surface area contributed by atoms with Crippen molar-refractivity contribution in [2.45, 2.75) is 32.4 Å². The zero-order valence-electron chi connectivity index (χ0n) is 11.2. The molecule has 0 N–H and O–H groups in total. The first-order chi connectivity index (χ1) is 8.69. The van der Waals surface area contributed by atoms with Crippen molar-refractivity contribution in [2.75, 3.05) is 25.6 Å². The van der Waals surface area contributed by atoms with Crippen molar-refractivity contribution in [1.82, 2.24) is 4.90 Å². The Morgan fingerprint density at radius 1 is 1.33 bits per heavy atom. The van der Waals surface area contributed by atoms with Crippen LogP contribution in [0.5, 0.6) is 0 Å². The molecule has 18 heavy (non-hydrogen) atoms. The minimum atomic E-state index is 0.190. The van der Waals surface area contributed by atoms with Gasteiger partial charge in [0.15, 0.2) is 0 Å². The Kier molecular flexibility index (Phi) is 5.04. The molecule has 1 fully saturated rings. The first-order valence-electron chi connectivity index (χ1n) is 6.68. The molecule has 1 aromatic rings. The third kappa shape index (κ3) is 3.71. The lowest BCUT2D eigenvalue weighted by atomic mass is 10.0. The molecule has 0 radical (unpaired) electrons. The summed E-state index contributed by atoms with van der Waals surface area (Å²) in [5.41, 5.74) is 2.77. The number of halogens is 1. The van der Waals surface area contributed by atoms with E-state index in [4.69, 9.17) is 16.3 Å². The molecule has 0 bridgehead atoms. The number of morpholine rings is 1. The lowest BCUT2D eigenvalue weighted by Crippen LogP contribution is -2.42. The van der Waals surface area contributed by atoms with Crippen LogP contribution in [0.1, 0.15) is 30.9 Å². The zero-order valence-corrected chi connectivity index (χ0v) is 12.0. The fourth-order valence-electron chi connectivity index (χ4n) is 2.28. The molecule has 0 aromatic heterocycles. The monoisotopic (exact) mass is 267 g/mol. The first kappa shape index (κ1) is 13.9. The molecule has 1 aliphatic heterocycles. The van der Waals surface area contributed by atoms with Crippen LogP contribution in [0.4, 0.5) is 0 Å². The van der Waals surface area contributed by atoms with E-state index in [0.717, 1.165) is 26.2 Å². The highest BCUT2D eigenvalue weighted by Crippen LogP contribution is 2.16. The Bertz CT molecular complexity index is 363. The minimum absolute atomic E-state index is 0.190. The van der Waals surface area contributed by atoms with Gasteiger partial charge in [-0.15, -0.1) is 11.6 Å². The van der Waals surface area contributed by atoms with Crippen molar-refractivity contribution in [3.05, 3.63) is 35.4 Å². The second kappa shape index (κ2) is 6.55. The van der Waals surface area contributed by atoms with E-state index in [1.807, 2.05) is 0 Å². The summed E-state index contributed by atoms with van der Waals surface area (Å²) in [6.07, 6.45) is 0.190. The van der Waals surface area contributed by atoms with E-state index >= 15 is 0 Å². The van der Waals surface area contributed by atoms with Gasteiger partial charge in [0, 0.05) is 25.5 Å². The van der Waals surface area contributed by atoms with Gasteiger partial charge in [0.25, 0.3) is 0 Å². The Balaban J connectivity index is 1.92. The number of ether oxygens (including phenoxy) is 1. The molecular weight excluding hydrogens is 246 g/mol. The maximum Gasteiger partial charge on any atom is 0.0837 e. The van der Waals surface area contributed by atoms with Crippen molar-refractivity contribution in [1.29, 1.82) is 0 Å². The number of alkyl halides is 1. The normalized spacial score (nSPS) is 21.4. The van der Waals surface area contributed by atoms with Gasteiger partial charge < -0.3 is 4.74 Å². The summed E-state index contributed by atoms with van der Waals surface area (Å²) in [4.78, 5) is 2.42. The summed E-state index contributed by atoms with van der Waals surface area (Å²) in [6, 6.07) is 8.94. The molecule has 1 saturated heterocycles. The molecule has 2 rings (SSSR count). The van der Waals surface area contributed by atoms with E-state index in [1.165, 1.54) is 11.1 Å². The van der Waals surface area contributed by atoms with Crippen molar-refractivity contribution in [2.24, 2.45) is 0 Å². The van der Waals surface area contributed by atoms with Crippen LogP contribution < -0.4 is 0 Å². The molecule has 0 amide bonds. The van der Waals surface area contributed by atoms with Crippen LogP contribution in [0.3, 0.4) is 0 Å². The second-order valence-corrected chi connectivity index (χ2v) is 5.59. The lowest BCUT2D eigenvalue weighted by Gasteiger charge is -2.32. The van der Waals surface area contributed by atoms with Gasteiger partial charge in [0.1, 0.15) is 0 Å². The smallest absolute Gasteiger partial charge is 0.0837 e. The van der Waals surface area contributed by atoms with Crippen molar-refractivity contribution >= 4 is 11.6 Å². The summed E-state index contributed by atoms with van der Waals surface area (Å²) < 4.78 is 5.57. The Morgan fingerprint density at radius 3 is 2.67 bits per heavy atom. The van der Waals surface area contributed by atoms with Gasteiger partial charge in [-0.2, -0.15) is 0 Å². The number of nitrogens with zero attached hydrogens (tertiary/aromatic N) is 1. The number of benzene rings is 1. The minimum Gasteiger partial charge on any atom is -0.374 e. The summed E-state index contributed by atoms with van der Waals surface area (Å²) >= 11 is 5.85. The zero-order chi connectivity index (χ0) is 13.0. The number of hydrogen-bond acceptors (Lipinski definition) is 2. The van der Waals surface area contributed by atoms with Crippen molar-refractivity contribution < 1.29 is 4.74 Å². The maximum atomic E-state index is 5.85. The third-order valence-corrected chi connectivity index (χ3v) is 3.79. The summed E-state index contributed by atoms with van der Waals surface area (Å²) in [5.74, 6) is 1.19. The van der Waals surface area contributed by atoms with Crippen LogP contribution in [0.2, 0.25) is 0 Å². The van der Waals surface area contributed by atoms with Gasteiger partial charge in [-0.05, 0) is 17.0 Å². The Labute approximate surface area is 115 Å². The fraction of sp³-hybridized carbons (Fsp3) is 0.600. The van der Waals surface area contributed by atoms with Crippen LogP contribution in [-0.4, -0.2) is 36.6 Å². The Hall–Kier alpha value is -0.570. The predicted octanol–water partition coefficient (Wildman–Crippen LogP) is 3.25. The molecule has 0 aliphatic carbocycles. The first-order valence-corrected chi connectivity index (χ1v) is 7.21. The largest absolute Gasteiger partial charge is 0.374 e. The average Bonchev–Trinajstić information content (AvgIpc) is 2.39. The molecule has 2 nitrogen and oxygen atoms in total. The predicted molar refractivity (Wildman–Crippen MR) is 76.3 cm³/mol. The van der Waals surface area contributed by atoms with Gasteiger partial charge >= 0.3 is 0 Å². The van der Waals surface area contributed by atoms with Crippen molar-refractivity contribution in [3.8, 4) is 0 Å². The molecule has 1 heterocycles. The standard InChI is InChI=1S/C15H22ClNO/c1-12(2)14-5-3-13(4-6-14)10-17-7-8-18-15(9-16)11-17/h3-6,12,15H,7-11H2,1-2H3. The van der Waals surface area contributed by atoms with Crippen LogP contribution in [-0.2, 0) is 11.3 Å². The highest BCUT2D eigenvalue weighted by atomic mass is 35.5. The second-order valence-electron chi connectivity index (χ2n) is 5.28. The van der Waals surface area contributed by atoms with Gasteiger partial charge in [-0.3, -0.25) is 4.90 Å². The average molecular weight is 268 g/mol.